The summed E-state index contributed by atoms with van der Waals surface area (Å²) >= 11 is 0. The Labute approximate surface area is 95.0 Å². The fourth-order valence-electron chi connectivity index (χ4n) is 1.42. The standard InChI is InChI=1S/C12H17NO3/c1-8(12(13)15)3-4-9-5-6-11(16-2)10(14)7-9/h5-8,14H,3-4H2,1-2H3,(H2,13,15). The first-order valence-corrected chi connectivity index (χ1v) is 5.19. The molecule has 0 aliphatic carbocycles. The number of hydrogen-bond acceptors (Lipinski definition) is 3. The van der Waals surface area contributed by atoms with Gasteiger partial charge in [0, 0.05) is 5.92 Å². The molecule has 3 N–H and O–H groups in total. The average Bonchev–Trinajstić information content (AvgIpc) is 2.25. The largest absolute Gasteiger partial charge is 0.504 e. The summed E-state index contributed by atoms with van der Waals surface area (Å²) in [6.45, 7) is 1.80. The number of hydrogen-bond donors (Lipinski definition) is 2. The predicted octanol–water partition coefficient (Wildman–Crippen LogP) is 1.45. The van der Waals surface area contributed by atoms with E-state index in [-0.39, 0.29) is 17.6 Å². The van der Waals surface area contributed by atoms with Crippen molar-refractivity contribution in [3.05, 3.63) is 23.8 Å². The lowest BCUT2D eigenvalue weighted by molar-refractivity contribution is -0.121. The summed E-state index contributed by atoms with van der Waals surface area (Å²) in [6.07, 6.45) is 1.39. The molecular formula is C12H17NO3. The summed E-state index contributed by atoms with van der Waals surface area (Å²) in [5.74, 6) is 0.125. The Kier molecular flexibility index (Phi) is 4.17. The van der Waals surface area contributed by atoms with Crippen LogP contribution in [0.25, 0.3) is 0 Å². The molecule has 0 aliphatic heterocycles. The van der Waals surface area contributed by atoms with E-state index in [9.17, 15) is 9.90 Å². The number of benzene rings is 1. The van der Waals surface area contributed by atoms with Gasteiger partial charge in [-0.3, -0.25) is 4.79 Å². The van der Waals surface area contributed by atoms with Crippen LogP contribution in [0.1, 0.15) is 18.9 Å². The molecule has 0 saturated heterocycles. The van der Waals surface area contributed by atoms with Gasteiger partial charge in [-0.1, -0.05) is 13.0 Å². The Hall–Kier alpha value is -1.71. The van der Waals surface area contributed by atoms with Gasteiger partial charge in [-0.15, -0.1) is 0 Å². The number of carbonyl (C=O) groups is 1. The molecular weight excluding hydrogens is 206 g/mol. The molecule has 1 aromatic carbocycles. The molecule has 16 heavy (non-hydrogen) atoms. The van der Waals surface area contributed by atoms with Gasteiger partial charge in [0.05, 0.1) is 7.11 Å². The fraction of sp³-hybridized carbons (Fsp3) is 0.417. The number of aromatic hydroxyl groups is 1. The van der Waals surface area contributed by atoms with Crippen molar-refractivity contribution in [2.45, 2.75) is 19.8 Å². The second-order valence-corrected chi connectivity index (χ2v) is 3.85. The highest BCUT2D eigenvalue weighted by Crippen LogP contribution is 2.27. The van der Waals surface area contributed by atoms with Gasteiger partial charge in [0.25, 0.3) is 0 Å². The highest BCUT2D eigenvalue weighted by atomic mass is 16.5. The molecule has 0 saturated carbocycles. The summed E-state index contributed by atoms with van der Waals surface area (Å²) in [4.78, 5) is 10.8. The van der Waals surface area contributed by atoms with Crippen LogP contribution in [-0.2, 0) is 11.2 Å². The molecule has 0 aromatic heterocycles. The third-order valence-electron chi connectivity index (χ3n) is 2.59. The van der Waals surface area contributed by atoms with Crippen molar-refractivity contribution < 1.29 is 14.6 Å². The first-order chi connectivity index (χ1) is 7.54. The summed E-state index contributed by atoms with van der Waals surface area (Å²) in [7, 11) is 1.50. The number of ether oxygens (including phenoxy) is 1. The summed E-state index contributed by atoms with van der Waals surface area (Å²) < 4.78 is 4.94. The number of carbonyl (C=O) groups excluding carboxylic acids is 1. The van der Waals surface area contributed by atoms with Crippen molar-refractivity contribution in [2.75, 3.05) is 7.11 Å². The maximum absolute atomic E-state index is 10.8. The number of primary amides is 1. The van der Waals surface area contributed by atoms with Crippen LogP contribution < -0.4 is 10.5 Å². The number of aryl methyl sites for hydroxylation is 1. The van der Waals surface area contributed by atoms with Gasteiger partial charge < -0.3 is 15.6 Å². The van der Waals surface area contributed by atoms with Crippen LogP contribution in [0.3, 0.4) is 0 Å². The molecule has 1 amide bonds. The van der Waals surface area contributed by atoms with Crippen LogP contribution in [0.4, 0.5) is 0 Å². The SMILES string of the molecule is COc1ccc(CCC(C)C(N)=O)cc1O. The molecule has 88 valence electrons. The van der Waals surface area contributed by atoms with Crippen molar-refractivity contribution in [3.8, 4) is 11.5 Å². The van der Waals surface area contributed by atoms with E-state index in [2.05, 4.69) is 0 Å². The maximum Gasteiger partial charge on any atom is 0.220 e. The smallest absolute Gasteiger partial charge is 0.220 e. The van der Waals surface area contributed by atoms with Crippen LogP contribution in [0.2, 0.25) is 0 Å². The maximum atomic E-state index is 10.8. The molecule has 0 heterocycles. The van der Waals surface area contributed by atoms with Crippen molar-refractivity contribution in [2.24, 2.45) is 11.7 Å². The molecule has 0 spiro atoms. The number of nitrogens with two attached hydrogens (primary N) is 1. The normalized spacial score (nSPS) is 12.1. The van der Waals surface area contributed by atoms with Crippen LogP contribution in [-0.4, -0.2) is 18.1 Å². The van der Waals surface area contributed by atoms with Crippen LogP contribution in [0.15, 0.2) is 18.2 Å². The Bertz CT molecular complexity index is 377. The molecule has 1 atom stereocenters. The van der Waals surface area contributed by atoms with Gasteiger partial charge in [-0.2, -0.15) is 0 Å². The van der Waals surface area contributed by atoms with E-state index >= 15 is 0 Å². The number of rotatable bonds is 5. The van der Waals surface area contributed by atoms with Gasteiger partial charge in [0.1, 0.15) is 0 Å². The lowest BCUT2D eigenvalue weighted by Crippen LogP contribution is -2.20. The zero-order chi connectivity index (χ0) is 12.1. The third-order valence-corrected chi connectivity index (χ3v) is 2.59. The van der Waals surface area contributed by atoms with E-state index in [1.807, 2.05) is 6.07 Å². The second kappa shape index (κ2) is 5.39. The minimum atomic E-state index is -0.294. The first-order valence-electron chi connectivity index (χ1n) is 5.19. The van der Waals surface area contributed by atoms with Crippen molar-refractivity contribution in [3.63, 3.8) is 0 Å². The topological polar surface area (TPSA) is 72.5 Å². The van der Waals surface area contributed by atoms with Crippen LogP contribution in [0.5, 0.6) is 11.5 Å². The minimum Gasteiger partial charge on any atom is -0.504 e. The van der Waals surface area contributed by atoms with E-state index in [0.29, 0.717) is 18.6 Å². The molecule has 0 fully saturated rings. The molecule has 0 aliphatic rings. The zero-order valence-electron chi connectivity index (χ0n) is 9.56. The highest BCUT2D eigenvalue weighted by molar-refractivity contribution is 5.76. The van der Waals surface area contributed by atoms with Crippen LogP contribution in [0, 0.1) is 5.92 Å². The molecule has 1 unspecified atom stereocenters. The Morgan fingerprint density at radius 2 is 2.25 bits per heavy atom. The molecule has 1 rings (SSSR count). The van der Waals surface area contributed by atoms with Gasteiger partial charge >= 0.3 is 0 Å². The third kappa shape index (κ3) is 3.15. The number of phenols is 1. The van der Waals surface area contributed by atoms with E-state index in [4.69, 9.17) is 10.5 Å². The van der Waals surface area contributed by atoms with Gasteiger partial charge in [-0.05, 0) is 30.5 Å². The number of phenolic OH excluding ortho intramolecular Hbond substituents is 1. The van der Waals surface area contributed by atoms with Crippen molar-refractivity contribution >= 4 is 5.91 Å². The summed E-state index contributed by atoms with van der Waals surface area (Å²) in [5, 5.41) is 9.55. The van der Waals surface area contributed by atoms with Crippen LogP contribution >= 0.6 is 0 Å². The van der Waals surface area contributed by atoms with E-state index < -0.39 is 0 Å². The average molecular weight is 223 g/mol. The zero-order valence-corrected chi connectivity index (χ0v) is 9.56. The van der Waals surface area contributed by atoms with Crippen molar-refractivity contribution in [1.29, 1.82) is 0 Å². The lowest BCUT2D eigenvalue weighted by atomic mass is 10.0. The summed E-state index contributed by atoms with van der Waals surface area (Å²) in [6, 6.07) is 5.22. The van der Waals surface area contributed by atoms with E-state index in [0.717, 1.165) is 5.56 Å². The molecule has 4 nitrogen and oxygen atoms in total. The molecule has 0 radical (unpaired) electrons. The van der Waals surface area contributed by atoms with Gasteiger partial charge in [0.2, 0.25) is 5.91 Å². The highest BCUT2D eigenvalue weighted by Gasteiger charge is 2.09. The molecule has 1 aromatic rings. The number of amides is 1. The minimum absolute atomic E-state index is 0.117. The second-order valence-electron chi connectivity index (χ2n) is 3.85. The molecule has 4 heteroatoms. The first kappa shape index (κ1) is 12.4. The van der Waals surface area contributed by atoms with Gasteiger partial charge in [0.15, 0.2) is 11.5 Å². The number of methoxy groups -OCH3 is 1. The monoisotopic (exact) mass is 223 g/mol. The Morgan fingerprint density at radius 1 is 1.56 bits per heavy atom. The van der Waals surface area contributed by atoms with E-state index in [1.165, 1.54) is 7.11 Å². The Balaban J connectivity index is 2.62. The van der Waals surface area contributed by atoms with Gasteiger partial charge in [-0.25, -0.2) is 0 Å². The summed E-state index contributed by atoms with van der Waals surface area (Å²) in [5.41, 5.74) is 6.13. The van der Waals surface area contributed by atoms with Crippen molar-refractivity contribution in [1.82, 2.24) is 0 Å². The Morgan fingerprint density at radius 3 is 2.75 bits per heavy atom. The predicted molar refractivity (Wildman–Crippen MR) is 61.3 cm³/mol. The van der Waals surface area contributed by atoms with E-state index in [1.54, 1.807) is 19.1 Å². The molecule has 0 bridgehead atoms. The fourth-order valence-corrected chi connectivity index (χ4v) is 1.42. The quantitative estimate of drug-likeness (QED) is 0.793. The lowest BCUT2D eigenvalue weighted by Gasteiger charge is -2.08.